The molecule has 3 heterocycles. The van der Waals surface area contributed by atoms with Gasteiger partial charge >= 0.3 is 6.03 Å². The van der Waals surface area contributed by atoms with Gasteiger partial charge in [0.05, 0.1) is 23.2 Å². The lowest BCUT2D eigenvalue weighted by Gasteiger charge is -2.34. The molecule has 2 N–H and O–H groups in total. The average Bonchev–Trinajstić information content (AvgIpc) is 3.12. The van der Waals surface area contributed by atoms with Crippen LogP contribution in [-0.4, -0.2) is 53.9 Å². The van der Waals surface area contributed by atoms with E-state index in [2.05, 4.69) is 37.6 Å². The number of benzene rings is 1. The molecule has 166 valence electrons. The largest absolute Gasteiger partial charge is 0.371 e. The summed E-state index contributed by atoms with van der Waals surface area (Å²) in [4.78, 5) is 23.6. The molecule has 2 atom stereocenters. The lowest BCUT2D eigenvalue weighted by Crippen LogP contribution is -2.43. The standard InChI is InChI=1S/C24H33N5O2/c1-2-25-24(30)28-18-5-3-16(4-6-18)11-17-12-19(13-22-23(17)27-10-9-26-22)29-14-20-7-8-21(15-29)31-20/h9-10,12-13,16,18,20-21H,2-8,11,14-15H2,1H3,(H2,25,28,30). The number of nitrogens with zero attached hydrogens (tertiary/aromatic N) is 3. The minimum atomic E-state index is -0.0422. The van der Waals surface area contributed by atoms with Gasteiger partial charge in [-0.1, -0.05) is 0 Å². The first-order valence-electron chi connectivity index (χ1n) is 11.9. The molecule has 0 spiro atoms. The summed E-state index contributed by atoms with van der Waals surface area (Å²) in [5.74, 6) is 0.619. The van der Waals surface area contributed by atoms with Crippen molar-refractivity contribution in [3.63, 3.8) is 0 Å². The Hall–Kier alpha value is -2.41. The number of nitrogens with one attached hydrogen (secondary N) is 2. The number of fused-ring (bicyclic) bond motifs is 3. The predicted molar refractivity (Wildman–Crippen MR) is 121 cm³/mol. The first-order chi connectivity index (χ1) is 15.2. The second-order valence-electron chi connectivity index (χ2n) is 9.32. The highest BCUT2D eigenvalue weighted by Gasteiger charge is 2.34. The maximum Gasteiger partial charge on any atom is 0.314 e. The fourth-order valence-electron chi connectivity index (χ4n) is 5.51. The Labute approximate surface area is 184 Å². The van der Waals surface area contributed by atoms with Gasteiger partial charge in [0, 0.05) is 43.8 Å². The van der Waals surface area contributed by atoms with E-state index < -0.39 is 0 Å². The van der Waals surface area contributed by atoms with E-state index in [1.54, 1.807) is 12.4 Å². The summed E-state index contributed by atoms with van der Waals surface area (Å²) < 4.78 is 6.04. The molecule has 2 aliphatic heterocycles. The smallest absolute Gasteiger partial charge is 0.314 e. The number of hydrogen-bond donors (Lipinski definition) is 2. The molecule has 2 bridgehead atoms. The second-order valence-corrected chi connectivity index (χ2v) is 9.32. The monoisotopic (exact) mass is 423 g/mol. The molecule has 1 aliphatic carbocycles. The fraction of sp³-hybridized carbons (Fsp3) is 0.625. The first kappa shape index (κ1) is 20.5. The van der Waals surface area contributed by atoms with Gasteiger partial charge in [0.2, 0.25) is 0 Å². The molecule has 3 fully saturated rings. The van der Waals surface area contributed by atoms with Crippen molar-refractivity contribution in [2.24, 2.45) is 5.92 Å². The van der Waals surface area contributed by atoms with Crippen LogP contribution in [0.15, 0.2) is 24.5 Å². The Morgan fingerprint density at radius 1 is 1.06 bits per heavy atom. The van der Waals surface area contributed by atoms with Gasteiger partial charge < -0.3 is 20.3 Å². The third-order valence-electron chi connectivity index (χ3n) is 7.07. The number of rotatable bonds is 5. The lowest BCUT2D eigenvalue weighted by atomic mass is 9.82. The number of carbonyl (C=O) groups excluding carboxylic acids is 1. The highest BCUT2D eigenvalue weighted by Crippen LogP contribution is 2.34. The highest BCUT2D eigenvalue weighted by molar-refractivity contribution is 5.82. The van der Waals surface area contributed by atoms with Gasteiger partial charge in [-0.15, -0.1) is 0 Å². The van der Waals surface area contributed by atoms with Crippen molar-refractivity contribution in [2.45, 2.75) is 70.1 Å². The van der Waals surface area contributed by atoms with E-state index in [4.69, 9.17) is 4.74 Å². The molecule has 0 radical (unpaired) electrons. The van der Waals surface area contributed by atoms with Crippen molar-refractivity contribution in [1.82, 2.24) is 20.6 Å². The Morgan fingerprint density at radius 2 is 1.81 bits per heavy atom. The minimum absolute atomic E-state index is 0.0422. The number of urea groups is 1. The summed E-state index contributed by atoms with van der Waals surface area (Å²) in [6.45, 7) is 4.55. The number of ether oxygens (including phenoxy) is 1. The van der Waals surface area contributed by atoms with E-state index in [-0.39, 0.29) is 12.1 Å². The van der Waals surface area contributed by atoms with Crippen molar-refractivity contribution >= 4 is 22.8 Å². The molecule has 2 amide bonds. The molecular weight excluding hydrogens is 390 g/mol. The SMILES string of the molecule is CCNC(=O)NC1CCC(Cc2cc(N3CC4CCC(C3)O4)cc3nccnc23)CC1. The van der Waals surface area contributed by atoms with Crippen LogP contribution in [0.3, 0.4) is 0 Å². The Balaban J connectivity index is 1.30. The number of amides is 2. The Morgan fingerprint density at radius 3 is 2.55 bits per heavy atom. The molecule has 2 aromatic rings. The van der Waals surface area contributed by atoms with E-state index in [0.717, 1.165) is 56.2 Å². The van der Waals surface area contributed by atoms with Crippen LogP contribution in [0.2, 0.25) is 0 Å². The molecule has 2 unspecified atom stereocenters. The lowest BCUT2D eigenvalue weighted by molar-refractivity contribution is 0.0305. The van der Waals surface area contributed by atoms with Crippen molar-refractivity contribution in [2.75, 3.05) is 24.5 Å². The van der Waals surface area contributed by atoms with Gasteiger partial charge in [0.1, 0.15) is 0 Å². The van der Waals surface area contributed by atoms with Gasteiger partial charge in [-0.05, 0) is 75.5 Å². The van der Waals surface area contributed by atoms with E-state index in [9.17, 15) is 4.79 Å². The molecule has 3 aliphatic rings. The summed E-state index contributed by atoms with van der Waals surface area (Å²) in [6, 6.07) is 4.79. The summed E-state index contributed by atoms with van der Waals surface area (Å²) in [7, 11) is 0. The predicted octanol–water partition coefficient (Wildman–Crippen LogP) is 3.42. The Kier molecular flexibility index (Phi) is 5.94. The number of hydrogen-bond acceptors (Lipinski definition) is 5. The van der Waals surface area contributed by atoms with E-state index in [0.29, 0.717) is 24.7 Å². The molecule has 2 saturated heterocycles. The van der Waals surface area contributed by atoms with Crippen molar-refractivity contribution in [3.8, 4) is 0 Å². The van der Waals surface area contributed by atoms with Gasteiger partial charge in [-0.2, -0.15) is 0 Å². The summed E-state index contributed by atoms with van der Waals surface area (Å²) in [5.41, 5.74) is 4.58. The number of morpholine rings is 1. The summed E-state index contributed by atoms with van der Waals surface area (Å²) in [5, 5.41) is 5.94. The fourth-order valence-corrected chi connectivity index (χ4v) is 5.51. The molecule has 1 saturated carbocycles. The van der Waals surface area contributed by atoms with Gasteiger partial charge in [0.15, 0.2) is 0 Å². The van der Waals surface area contributed by atoms with E-state index in [1.165, 1.54) is 24.1 Å². The van der Waals surface area contributed by atoms with Gasteiger partial charge in [-0.25, -0.2) is 4.79 Å². The number of aromatic nitrogens is 2. The molecule has 7 nitrogen and oxygen atoms in total. The van der Waals surface area contributed by atoms with Crippen LogP contribution in [0.5, 0.6) is 0 Å². The zero-order chi connectivity index (χ0) is 21.2. The van der Waals surface area contributed by atoms with Crippen LogP contribution in [-0.2, 0) is 11.2 Å². The van der Waals surface area contributed by atoms with Crippen molar-refractivity contribution in [3.05, 3.63) is 30.1 Å². The quantitative estimate of drug-likeness (QED) is 0.770. The highest BCUT2D eigenvalue weighted by atomic mass is 16.5. The molecule has 7 heteroatoms. The maximum atomic E-state index is 11.8. The molecule has 31 heavy (non-hydrogen) atoms. The zero-order valence-corrected chi connectivity index (χ0v) is 18.3. The summed E-state index contributed by atoms with van der Waals surface area (Å²) >= 11 is 0. The van der Waals surface area contributed by atoms with E-state index >= 15 is 0 Å². The molecular formula is C24H33N5O2. The van der Waals surface area contributed by atoms with Crippen LogP contribution in [0, 0.1) is 5.92 Å². The minimum Gasteiger partial charge on any atom is -0.371 e. The number of carbonyl (C=O) groups is 1. The van der Waals surface area contributed by atoms with Crippen LogP contribution in [0.25, 0.3) is 11.0 Å². The zero-order valence-electron chi connectivity index (χ0n) is 18.3. The molecule has 1 aromatic carbocycles. The van der Waals surface area contributed by atoms with E-state index in [1.807, 2.05) is 6.92 Å². The van der Waals surface area contributed by atoms with Gasteiger partial charge in [0.25, 0.3) is 0 Å². The maximum absolute atomic E-state index is 11.8. The first-order valence-corrected chi connectivity index (χ1v) is 11.9. The topological polar surface area (TPSA) is 79.4 Å². The van der Waals surface area contributed by atoms with Gasteiger partial charge in [-0.3, -0.25) is 9.97 Å². The molecule has 1 aromatic heterocycles. The van der Waals surface area contributed by atoms with Crippen molar-refractivity contribution < 1.29 is 9.53 Å². The average molecular weight is 424 g/mol. The normalized spacial score (nSPS) is 28.0. The van der Waals surface area contributed by atoms with Crippen LogP contribution in [0.4, 0.5) is 10.5 Å². The Bertz CT molecular complexity index is 915. The third-order valence-corrected chi connectivity index (χ3v) is 7.07. The van der Waals surface area contributed by atoms with Crippen molar-refractivity contribution in [1.29, 1.82) is 0 Å². The van der Waals surface area contributed by atoms with Crippen LogP contribution >= 0.6 is 0 Å². The molecule has 5 rings (SSSR count). The number of anilines is 1. The van der Waals surface area contributed by atoms with Crippen LogP contribution in [0.1, 0.15) is 51.0 Å². The summed E-state index contributed by atoms with van der Waals surface area (Å²) in [6.07, 6.45) is 12.0. The third kappa shape index (κ3) is 4.61. The second kappa shape index (κ2) is 8.99. The van der Waals surface area contributed by atoms with Crippen LogP contribution < -0.4 is 15.5 Å².